The molecule has 1 rings (SSSR count). The largest absolute Gasteiger partial charge is 0.412 e. The third-order valence-corrected chi connectivity index (χ3v) is 0.566. The number of pyridine rings is 1. The smallest absolute Gasteiger partial charge is 0.0267 e. The van der Waals surface area contributed by atoms with Crippen LogP contribution in [0.25, 0.3) is 0 Å². The van der Waals surface area contributed by atoms with Gasteiger partial charge in [0.1, 0.15) is 0 Å². The predicted octanol–water partition coefficient (Wildman–Crippen LogP) is 0.482. The topological polar surface area (TPSA) is 44.4 Å². The third kappa shape index (κ3) is 7.81. The maximum absolute atomic E-state index is 3.78. The Bertz CT molecular complexity index is 86.9. The molecule has 0 saturated heterocycles. The fraction of sp³-hybridized carbons (Fsp3) is 0. The van der Waals surface area contributed by atoms with Gasteiger partial charge in [-0.15, -0.1) is 0 Å². The molecule has 0 atom stereocenters. The molecule has 0 aromatic carbocycles. The Hall–Kier alpha value is -0.190. The van der Waals surface area contributed by atoms with Gasteiger partial charge in [-0.2, -0.15) is 27.0 Å². The molecule has 0 fully saturated rings. The van der Waals surface area contributed by atoms with Crippen LogP contribution in [0.3, 0.4) is 0 Å². The van der Waals surface area contributed by atoms with Crippen molar-refractivity contribution in [2.45, 2.75) is 0 Å². The molecule has 1 aromatic heterocycles. The monoisotopic (exact) mass is 165 g/mol. The van der Waals surface area contributed by atoms with E-state index in [4.69, 9.17) is 0 Å². The van der Waals surface area contributed by atoms with Crippen LogP contribution in [0.4, 0.5) is 0 Å². The summed E-state index contributed by atoms with van der Waals surface area (Å²) >= 11 is 0. The molecule has 0 radical (unpaired) electrons. The first kappa shape index (κ1) is 15.9. The number of aromatic nitrogens is 1. The molecule has 1 aromatic rings. The summed E-state index contributed by atoms with van der Waals surface area (Å²) in [7, 11) is 0. The van der Waals surface area contributed by atoms with Crippen molar-refractivity contribution in [2.75, 3.05) is 0 Å². The van der Waals surface area contributed by atoms with Gasteiger partial charge in [-0.3, -0.25) is 4.98 Å². The second-order valence-corrected chi connectivity index (χ2v) is 1.02. The maximum Gasteiger partial charge on any atom is 0.0267 e. The summed E-state index contributed by atoms with van der Waals surface area (Å²) in [5, 5.41) is 0. The Morgan fingerprint density at radius 1 is 0.778 bits per heavy atom. The van der Waals surface area contributed by atoms with Gasteiger partial charge >= 0.3 is 0 Å². The van der Waals surface area contributed by atoms with Crippen LogP contribution in [0.2, 0.25) is 0 Å². The Kier molecular flexibility index (Phi) is 19.0. The van der Waals surface area contributed by atoms with E-state index >= 15 is 0 Å². The van der Waals surface area contributed by atoms with Gasteiger partial charge in [0.2, 0.25) is 0 Å². The van der Waals surface area contributed by atoms with E-state index in [1.807, 2.05) is 18.2 Å². The summed E-state index contributed by atoms with van der Waals surface area (Å²) in [6.07, 6.45) is 3.50. The highest BCUT2D eigenvalue weighted by atomic mass is 32.1. The molecule has 0 aliphatic carbocycles. The van der Waals surface area contributed by atoms with E-state index in [1.54, 1.807) is 12.4 Å². The van der Waals surface area contributed by atoms with E-state index in [-0.39, 0.29) is 32.5 Å². The van der Waals surface area contributed by atoms with Crippen molar-refractivity contribution < 1.29 is 5.48 Å². The van der Waals surface area contributed by atoms with Gasteiger partial charge in [0.15, 0.2) is 0 Å². The summed E-state index contributed by atoms with van der Waals surface area (Å²) < 4.78 is 0. The van der Waals surface area contributed by atoms with Crippen LogP contribution < -0.4 is 0 Å². The van der Waals surface area contributed by atoms with E-state index in [0.29, 0.717) is 0 Å². The third-order valence-electron chi connectivity index (χ3n) is 0.566. The van der Waals surface area contributed by atoms with Crippen molar-refractivity contribution in [1.82, 2.24) is 4.98 Å². The number of hydrogen-bond acceptors (Lipinski definition) is 1. The first-order chi connectivity index (χ1) is 3.00. The van der Waals surface area contributed by atoms with Crippen molar-refractivity contribution in [3.63, 3.8) is 0 Å². The van der Waals surface area contributed by atoms with E-state index in [9.17, 15) is 0 Å². The van der Waals surface area contributed by atoms with Crippen molar-refractivity contribution >= 4 is 27.0 Å². The molecule has 0 spiro atoms. The molecular formula is C5H11NOS2. The lowest BCUT2D eigenvalue weighted by Crippen LogP contribution is -1.58. The Morgan fingerprint density at radius 2 is 1.22 bits per heavy atom. The van der Waals surface area contributed by atoms with E-state index in [2.05, 4.69) is 4.98 Å². The van der Waals surface area contributed by atoms with Crippen LogP contribution >= 0.6 is 27.0 Å². The van der Waals surface area contributed by atoms with E-state index in [1.165, 1.54) is 0 Å². The SMILES string of the molecule is O.S.S.c1ccncc1. The molecule has 0 bridgehead atoms. The minimum Gasteiger partial charge on any atom is -0.412 e. The quantitative estimate of drug-likeness (QED) is 0.551. The van der Waals surface area contributed by atoms with Gasteiger partial charge in [0.05, 0.1) is 0 Å². The zero-order valence-electron chi connectivity index (χ0n) is 4.83. The highest BCUT2D eigenvalue weighted by Gasteiger charge is 1.58. The average Bonchev–Trinajstić information content (AvgIpc) is 1.72. The summed E-state index contributed by atoms with van der Waals surface area (Å²) in [4.78, 5) is 3.78. The Labute approximate surface area is 68.5 Å². The van der Waals surface area contributed by atoms with Gasteiger partial charge in [0, 0.05) is 12.4 Å². The lowest BCUT2D eigenvalue weighted by Gasteiger charge is -1.70. The van der Waals surface area contributed by atoms with Crippen LogP contribution in [-0.2, 0) is 0 Å². The number of rotatable bonds is 0. The van der Waals surface area contributed by atoms with Gasteiger partial charge in [-0.1, -0.05) is 6.07 Å². The zero-order valence-corrected chi connectivity index (χ0v) is 6.83. The molecular weight excluding hydrogens is 154 g/mol. The second kappa shape index (κ2) is 10.7. The molecule has 4 heteroatoms. The second-order valence-electron chi connectivity index (χ2n) is 1.02. The summed E-state index contributed by atoms with van der Waals surface area (Å²) in [6.45, 7) is 0. The van der Waals surface area contributed by atoms with Crippen molar-refractivity contribution in [1.29, 1.82) is 0 Å². The molecule has 9 heavy (non-hydrogen) atoms. The Morgan fingerprint density at radius 3 is 1.33 bits per heavy atom. The van der Waals surface area contributed by atoms with Crippen LogP contribution in [0.15, 0.2) is 30.6 Å². The van der Waals surface area contributed by atoms with E-state index < -0.39 is 0 Å². The number of nitrogens with zero attached hydrogens (tertiary/aromatic N) is 1. The van der Waals surface area contributed by atoms with Gasteiger partial charge in [-0.05, 0) is 12.1 Å². The minimum absolute atomic E-state index is 0. The normalized spacial score (nSPS) is 5.33. The lowest BCUT2D eigenvalue weighted by atomic mass is 10.5. The highest BCUT2D eigenvalue weighted by Crippen LogP contribution is 1.73. The molecule has 0 saturated carbocycles. The molecule has 0 aliphatic rings. The van der Waals surface area contributed by atoms with Gasteiger partial charge in [-0.25, -0.2) is 0 Å². The summed E-state index contributed by atoms with van der Waals surface area (Å²) in [5.41, 5.74) is 0. The fourth-order valence-corrected chi connectivity index (χ4v) is 0.313. The van der Waals surface area contributed by atoms with Gasteiger partial charge in [0.25, 0.3) is 0 Å². The molecule has 0 aliphatic heterocycles. The van der Waals surface area contributed by atoms with E-state index in [0.717, 1.165) is 0 Å². The maximum atomic E-state index is 3.78. The standard InChI is InChI=1S/C5H5N.H2O.2H2S/c1-2-4-6-5-3-1;;;/h1-5H;3*1H2. The molecule has 0 amide bonds. The lowest BCUT2D eigenvalue weighted by molar-refractivity contribution is 0.824. The van der Waals surface area contributed by atoms with Crippen LogP contribution in [-0.4, -0.2) is 10.5 Å². The molecule has 0 unspecified atom stereocenters. The van der Waals surface area contributed by atoms with Gasteiger partial charge < -0.3 is 5.48 Å². The minimum atomic E-state index is 0. The van der Waals surface area contributed by atoms with Crippen LogP contribution in [0.5, 0.6) is 0 Å². The fourth-order valence-electron chi connectivity index (χ4n) is 0.313. The highest BCUT2D eigenvalue weighted by molar-refractivity contribution is 7.59. The molecule has 2 N–H and O–H groups in total. The first-order valence-corrected chi connectivity index (χ1v) is 1.85. The average molecular weight is 165 g/mol. The van der Waals surface area contributed by atoms with Crippen molar-refractivity contribution in [2.24, 2.45) is 0 Å². The molecule has 2 nitrogen and oxygen atoms in total. The first-order valence-electron chi connectivity index (χ1n) is 1.85. The van der Waals surface area contributed by atoms with Crippen LogP contribution in [0.1, 0.15) is 0 Å². The molecule has 54 valence electrons. The zero-order chi connectivity index (χ0) is 4.24. The number of hydrogen-bond donors (Lipinski definition) is 0. The van der Waals surface area contributed by atoms with Crippen LogP contribution in [0, 0.1) is 0 Å². The Balaban J connectivity index is -0.000000120. The predicted molar refractivity (Wildman–Crippen MR) is 48.6 cm³/mol. The molecule has 1 heterocycles. The summed E-state index contributed by atoms with van der Waals surface area (Å²) in [5.74, 6) is 0. The summed E-state index contributed by atoms with van der Waals surface area (Å²) in [6, 6.07) is 5.72. The van der Waals surface area contributed by atoms with Crippen molar-refractivity contribution in [3.05, 3.63) is 30.6 Å². The van der Waals surface area contributed by atoms with Crippen molar-refractivity contribution in [3.8, 4) is 0 Å².